The van der Waals surface area contributed by atoms with Crippen LogP contribution >= 0.6 is 11.6 Å². The topological polar surface area (TPSA) is 46.5 Å². The average molecular weight is 275 g/mol. The molecule has 0 bridgehead atoms. The van der Waals surface area contributed by atoms with E-state index < -0.39 is 17.7 Å². The summed E-state index contributed by atoms with van der Waals surface area (Å²) in [6, 6.07) is 3.84. The van der Waals surface area contributed by atoms with Crippen LogP contribution in [0.3, 0.4) is 0 Å². The number of ether oxygens (including phenoxy) is 1. The minimum Gasteiger partial charge on any atom is -0.492 e. The van der Waals surface area contributed by atoms with E-state index in [-0.39, 0.29) is 17.5 Å². The van der Waals surface area contributed by atoms with Crippen molar-refractivity contribution in [2.75, 3.05) is 6.61 Å². The summed E-state index contributed by atoms with van der Waals surface area (Å²) >= 11 is 5.79. The van der Waals surface area contributed by atoms with E-state index in [1.54, 1.807) is 0 Å². The third kappa shape index (κ3) is 4.18. The van der Waals surface area contributed by atoms with Crippen LogP contribution in [0.5, 0.6) is 5.75 Å². The van der Waals surface area contributed by atoms with Gasteiger partial charge >= 0.3 is 5.97 Å². The summed E-state index contributed by atoms with van der Waals surface area (Å²) in [5.41, 5.74) is 0. The van der Waals surface area contributed by atoms with Crippen molar-refractivity contribution < 1.29 is 19.0 Å². The van der Waals surface area contributed by atoms with Crippen LogP contribution in [0, 0.1) is 17.7 Å². The zero-order chi connectivity index (χ0) is 13.7. The minimum absolute atomic E-state index is 0.0368. The second-order valence-electron chi connectivity index (χ2n) is 4.40. The molecule has 0 aliphatic carbocycles. The molecular formula is C13H16ClFO3. The van der Waals surface area contributed by atoms with Crippen LogP contribution < -0.4 is 4.74 Å². The van der Waals surface area contributed by atoms with Crippen molar-refractivity contribution in [3.05, 3.63) is 29.0 Å². The van der Waals surface area contributed by atoms with Crippen molar-refractivity contribution in [1.82, 2.24) is 0 Å². The maximum atomic E-state index is 12.8. The predicted molar refractivity (Wildman–Crippen MR) is 67.5 cm³/mol. The first-order valence-corrected chi connectivity index (χ1v) is 6.10. The molecule has 0 fully saturated rings. The number of carboxylic acid groups (broad SMARTS) is 1. The van der Waals surface area contributed by atoms with E-state index >= 15 is 0 Å². The van der Waals surface area contributed by atoms with Gasteiger partial charge in [0.15, 0.2) is 0 Å². The fourth-order valence-corrected chi connectivity index (χ4v) is 1.85. The third-order valence-electron chi connectivity index (χ3n) is 2.70. The lowest BCUT2D eigenvalue weighted by atomic mass is 9.93. The molecule has 1 N–H and O–H groups in total. The van der Waals surface area contributed by atoms with E-state index in [0.29, 0.717) is 12.2 Å². The second kappa shape index (κ2) is 6.59. The lowest BCUT2D eigenvalue weighted by Gasteiger charge is -2.16. The van der Waals surface area contributed by atoms with Gasteiger partial charge < -0.3 is 9.84 Å². The van der Waals surface area contributed by atoms with E-state index in [1.165, 1.54) is 12.1 Å². The molecule has 100 valence electrons. The molecule has 1 aromatic rings. The zero-order valence-electron chi connectivity index (χ0n) is 10.3. The maximum Gasteiger partial charge on any atom is 0.306 e. The summed E-state index contributed by atoms with van der Waals surface area (Å²) in [6.45, 7) is 3.94. The monoisotopic (exact) mass is 274 g/mol. The van der Waals surface area contributed by atoms with Crippen LogP contribution in [0.25, 0.3) is 0 Å². The largest absolute Gasteiger partial charge is 0.492 e. The first-order chi connectivity index (χ1) is 8.41. The van der Waals surface area contributed by atoms with Gasteiger partial charge in [0.2, 0.25) is 0 Å². The number of rotatable bonds is 6. The van der Waals surface area contributed by atoms with Crippen molar-refractivity contribution in [2.45, 2.75) is 20.3 Å². The van der Waals surface area contributed by atoms with Crippen LogP contribution in [0.1, 0.15) is 20.3 Å². The Morgan fingerprint density at radius 2 is 2.17 bits per heavy atom. The smallest absolute Gasteiger partial charge is 0.306 e. The number of hydrogen-bond acceptors (Lipinski definition) is 2. The molecule has 1 rings (SSSR count). The van der Waals surface area contributed by atoms with Gasteiger partial charge in [0.1, 0.15) is 11.6 Å². The van der Waals surface area contributed by atoms with Gasteiger partial charge in [0.25, 0.3) is 0 Å². The Bertz CT molecular complexity index is 421. The van der Waals surface area contributed by atoms with Crippen molar-refractivity contribution in [1.29, 1.82) is 0 Å². The van der Waals surface area contributed by atoms with Gasteiger partial charge in [-0.3, -0.25) is 4.79 Å². The highest BCUT2D eigenvalue weighted by molar-refractivity contribution is 6.32. The minimum atomic E-state index is -0.834. The fraction of sp³-hybridized carbons (Fsp3) is 0.462. The first kappa shape index (κ1) is 14.8. The molecule has 0 aromatic heterocycles. The lowest BCUT2D eigenvalue weighted by Crippen LogP contribution is -2.22. The Kier molecular flexibility index (Phi) is 5.41. The predicted octanol–water partition coefficient (Wildman–Crippen LogP) is 3.60. The van der Waals surface area contributed by atoms with Crippen LogP contribution in [0.2, 0.25) is 5.02 Å². The van der Waals surface area contributed by atoms with Crippen LogP contribution in [0.4, 0.5) is 4.39 Å². The summed E-state index contributed by atoms with van der Waals surface area (Å²) < 4.78 is 18.2. The molecular weight excluding hydrogens is 259 g/mol. The SMILES string of the molecule is CC(C)C(CCOc1ccc(F)cc1Cl)C(=O)O. The Balaban J connectivity index is 2.53. The molecule has 0 aliphatic heterocycles. The van der Waals surface area contributed by atoms with E-state index in [4.69, 9.17) is 21.4 Å². The number of halogens is 2. The molecule has 1 aromatic carbocycles. The van der Waals surface area contributed by atoms with Crippen LogP contribution in [-0.2, 0) is 4.79 Å². The van der Waals surface area contributed by atoms with Gasteiger partial charge in [-0.2, -0.15) is 0 Å². The Hall–Kier alpha value is -1.29. The number of aliphatic carboxylic acids is 1. The second-order valence-corrected chi connectivity index (χ2v) is 4.81. The van der Waals surface area contributed by atoms with Crippen LogP contribution in [0.15, 0.2) is 18.2 Å². The van der Waals surface area contributed by atoms with Gasteiger partial charge in [-0.05, 0) is 30.5 Å². The number of carboxylic acids is 1. The van der Waals surface area contributed by atoms with Crippen molar-refractivity contribution in [2.24, 2.45) is 11.8 Å². The maximum absolute atomic E-state index is 12.8. The van der Waals surface area contributed by atoms with Gasteiger partial charge in [-0.25, -0.2) is 4.39 Å². The van der Waals surface area contributed by atoms with Gasteiger partial charge in [0, 0.05) is 0 Å². The van der Waals surface area contributed by atoms with E-state index in [9.17, 15) is 9.18 Å². The summed E-state index contributed by atoms with van der Waals surface area (Å²) in [7, 11) is 0. The van der Waals surface area contributed by atoms with Gasteiger partial charge in [-0.1, -0.05) is 25.4 Å². The molecule has 0 spiro atoms. The lowest BCUT2D eigenvalue weighted by molar-refractivity contribution is -0.143. The van der Waals surface area contributed by atoms with E-state index in [0.717, 1.165) is 6.07 Å². The van der Waals surface area contributed by atoms with E-state index in [2.05, 4.69) is 0 Å². The van der Waals surface area contributed by atoms with Crippen LogP contribution in [-0.4, -0.2) is 17.7 Å². The molecule has 1 unspecified atom stereocenters. The quantitative estimate of drug-likeness (QED) is 0.862. The molecule has 0 amide bonds. The van der Waals surface area contributed by atoms with E-state index in [1.807, 2.05) is 13.8 Å². The average Bonchev–Trinajstić information content (AvgIpc) is 2.25. The Labute approximate surface area is 111 Å². The summed E-state index contributed by atoms with van der Waals surface area (Å²) in [5.74, 6) is -1.32. The Morgan fingerprint density at radius 1 is 1.50 bits per heavy atom. The molecule has 0 radical (unpaired) electrons. The normalized spacial score (nSPS) is 12.5. The highest BCUT2D eigenvalue weighted by Gasteiger charge is 2.21. The molecule has 5 heteroatoms. The van der Waals surface area contributed by atoms with Crippen molar-refractivity contribution >= 4 is 17.6 Å². The number of hydrogen-bond donors (Lipinski definition) is 1. The fourth-order valence-electron chi connectivity index (χ4n) is 1.63. The molecule has 0 saturated heterocycles. The molecule has 0 heterocycles. The molecule has 0 aliphatic rings. The highest BCUT2D eigenvalue weighted by Crippen LogP contribution is 2.25. The molecule has 0 saturated carbocycles. The first-order valence-electron chi connectivity index (χ1n) is 5.72. The summed E-state index contributed by atoms with van der Waals surface area (Å²) in [4.78, 5) is 11.0. The van der Waals surface area contributed by atoms with Crippen molar-refractivity contribution in [3.8, 4) is 5.75 Å². The van der Waals surface area contributed by atoms with Crippen molar-refractivity contribution in [3.63, 3.8) is 0 Å². The zero-order valence-corrected chi connectivity index (χ0v) is 11.1. The highest BCUT2D eigenvalue weighted by atomic mass is 35.5. The number of benzene rings is 1. The molecule has 1 atom stereocenters. The van der Waals surface area contributed by atoms with Gasteiger partial charge in [0.05, 0.1) is 17.5 Å². The summed E-state index contributed by atoms with van der Waals surface area (Å²) in [6.07, 6.45) is 0.390. The molecule has 3 nitrogen and oxygen atoms in total. The Morgan fingerprint density at radius 3 is 2.67 bits per heavy atom. The third-order valence-corrected chi connectivity index (χ3v) is 3.00. The molecule has 18 heavy (non-hydrogen) atoms. The van der Waals surface area contributed by atoms with Gasteiger partial charge in [-0.15, -0.1) is 0 Å². The number of carbonyl (C=O) groups is 1. The standard InChI is InChI=1S/C13H16ClFO3/c1-8(2)10(13(16)17)5-6-18-12-4-3-9(15)7-11(12)14/h3-4,7-8,10H,5-6H2,1-2H3,(H,16,17). The summed E-state index contributed by atoms with van der Waals surface area (Å²) in [5, 5.41) is 9.19.